The molecule has 1 heterocycles. The fraction of sp³-hybridized carbons (Fsp3) is 0.500. The number of nitrogens with zero attached hydrogens (tertiary/aromatic N) is 1. The third-order valence-electron chi connectivity index (χ3n) is 3.82. The second kappa shape index (κ2) is 6.69. The van der Waals surface area contributed by atoms with Gasteiger partial charge < -0.3 is 9.64 Å². The molecule has 0 fully saturated rings. The quantitative estimate of drug-likeness (QED) is 0.652. The molecule has 1 atom stereocenters. The Kier molecular flexibility index (Phi) is 5.16. The summed E-state index contributed by atoms with van der Waals surface area (Å²) in [7, 11) is 0. The van der Waals surface area contributed by atoms with Crippen molar-refractivity contribution in [2.45, 2.75) is 39.5 Å². The molecule has 2 rings (SSSR count). The SMILES string of the molecule is CC1CN(C(=O)OC(C)(C)C)CC=C1c1ccc(C(F)(F)F)cc1F. The summed E-state index contributed by atoms with van der Waals surface area (Å²) in [5, 5.41) is 0. The Morgan fingerprint density at radius 2 is 1.88 bits per heavy atom. The monoisotopic (exact) mass is 359 g/mol. The van der Waals surface area contributed by atoms with Gasteiger partial charge in [-0.15, -0.1) is 0 Å². The molecule has 0 N–H and O–H groups in total. The number of carbonyl (C=O) groups excluding carboxylic acids is 1. The summed E-state index contributed by atoms with van der Waals surface area (Å²) in [6, 6.07) is 2.51. The van der Waals surface area contributed by atoms with Crippen molar-refractivity contribution in [3.05, 3.63) is 41.2 Å². The van der Waals surface area contributed by atoms with E-state index >= 15 is 0 Å². The van der Waals surface area contributed by atoms with Gasteiger partial charge in [-0.25, -0.2) is 9.18 Å². The molecule has 0 spiro atoms. The van der Waals surface area contributed by atoms with Gasteiger partial charge in [0.1, 0.15) is 11.4 Å². The summed E-state index contributed by atoms with van der Waals surface area (Å²) in [4.78, 5) is 13.6. The summed E-state index contributed by atoms with van der Waals surface area (Å²) >= 11 is 0. The van der Waals surface area contributed by atoms with Crippen LogP contribution in [0.4, 0.5) is 22.4 Å². The Labute approximate surface area is 144 Å². The second-order valence-electron chi connectivity index (χ2n) is 7.14. The number of amides is 1. The fourth-order valence-corrected chi connectivity index (χ4v) is 2.69. The first-order valence-electron chi connectivity index (χ1n) is 7.93. The minimum atomic E-state index is -4.58. The number of hydrogen-bond acceptors (Lipinski definition) is 2. The van der Waals surface area contributed by atoms with E-state index in [1.165, 1.54) is 4.90 Å². The molecule has 1 aromatic carbocycles. The smallest absolute Gasteiger partial charge is 0.416 e. The molecule has 1 aromatic rings. The molecular weight excluding hydrogens is 338 g/mol. The van der Waals surface area contributed by atoms with Gasteiger partial charge in [0.15, 0.2) is 0 Å². The van der Waals surface area contributed by atoms with Crippen molar-refractivity contribution in [3.63, 3.8) is 0 Å². The third-order valence-corrected chi connectivity index (χ3v) is 3.82. The first-order chi connectivity index (χ1) is 11.4. The molecule has 0 bridgehead atoms. The standard InChI is InChI=1S/C18H21F4NO2/c1-11-10-23(16(24)25-17(2,3)4)8-7-13(11)14-6-5-12(9-15(14)19)18(20,21)22/h5-7,9,11H,8,10H2,1-4H3. The molecule has 1 unspecified atom stereocenters. The maximum Gasteiger partial charge on any atom is 0.416 e. The number of carbonyl (C=O) groups is 1. The van der Waals surface area contributed by atoms with Crippen molar-refractivity contribution in [1.29, 1.82) is 0 Å². The van der Waals surface area contributed by atoms with E-state index in [1.54, 1.807) is 33.8 Å². The zero-order valence-electron chi connectivity index (χ0n) is 14.6. The molecule has 138 valence electrons. The van der Waals surface area contributed by atoms with Gasteiger partial charge in [-0.3, -0.25) is 0 Å². The van der Waals surface area contributed by atoms with Crippen LogP contribution in [-0.2, 0) is 10.9 Å². The predicted octanol–water partition coefficient (Wildman–Crippen LogP) is 5.11. The predicted molar refractivity (Wildman–Crippen MR) is 86.4 cm³/mol. The Morgan fingerprint density at radius 1 is 1.24 bits per heavy atom. The number of hydrogen-bond donors (Lipinski definition) is 0. The molecule has 1 amide bonds. The van der Waals surface area contributed by atoms with Crippen LogP contribution in [0.15, 0.2) is 24.3 Å². The largest absolute Gasteiger partial charge is 0.444 e. The van der Waals surface area contributed by atoms with Crippen LogP contribution in [0.25, 0.3) is 5.57 Å². The Hall–Kier alpha value is -2.05. The molecule has 0 aliphatic carbocycles. The summed E-state index contributed by atoms with van der Waals surface area (Å²) < 4.78 is 57.4. The molecule has 1 aliphatic heterocycles. The molecule has 3 nitrogen and oxygen atoms in total. The Balaban J connectivity index is 2.21. The Bertz CT molecular complexity index is 689. The molecular formula is C18H21F4NO2. The molecule has 0 aromatic heterocycles. The van der Waals surface area contributed by atoms with E-state index in [9.17, 15) is 22.4 Å². The highest BCUT2D eigenvalue weighted by molar-refractivity contribution is 5.74. The lowest BCUT2D eigenvalue weighted by atomic mass is 9.89. The van der Waals surface area contributed by atoms with Crippen LogP contribution in [0.2, 0.25) is 0 Å². The first-order valence-corrected chi connectivity index (χ1v) is 7.93. The van der Waals surface area contributed by atoms with Gasteiger partial charge in [0.2, 0.25) is 0 Å². The van der Waals surface area contributed by atoms with E-state index in [0.717, 1.165) is 12.1 Å². The number of halogens is 4. The van der Waals surface area contributed by atoms with Crippen molar-refractivity contribution < 1.29 is 27.1 Å². The van der Waals surface area contributed by atoms with Crippen molar-refractivity contribution in [2.75, 3.05) is 13.1 Å². The van der Waals surface area contributed by atoms with Gasteiger partial charge >= 0.3 is 12.3 Å². The zero-order valence-corrected chi connectivity index (χ0v) is 14.6. The second-order valence-corrected chi connectivity index (χ2v) is 7.14. The lowest BCUT2D eigenvalue weighted by molar-refractivity contribution is -0.137. The molecule has 1 aliphatic rings. The number of ether oxygens (including phenoxy) is 1. The summed E-state index contributed by atoms with van der Waals surface area (Å²) in [5.74, 6) is -1.15. The van der Waals surface area contributed by atoms with Crippen LogP contribution in [0.1, 0.15) is 38.8 Å². The average molecular weight is 359 g/mol. The van der Waals surface area contributed by atoms with Gasteiger partial charge in [0, 0.05) is 18.7 Å². The van der Waals surface area contributed by atoms with E-state index < -0.39 is 29.3 Å². The maximum absolute atomic E-state index is 14.2. The highest BCUT2D eigenvalue weighted by atomic mass is 19.4. The summed E-state index contributed by atoms with van der Waals surface area (Å²) in [6.07, 6.45) is -3.40. The molecule has 0 saturated carbocycles. The summed E-state index contributed by atoms with van der Waals surface area (Å²) in [5.41, 5.74) is -0.923. The van der Waals surface area contributed by atoms with Gasteiger partial charge in [0.25, 0.3) is 0 Å². The van der Waals surface area contributed by atoms with Crippen molar-refractivity contribution in [3.8, 4) is 0 Å². The van der Waals surface area contributed by atoms with Crippen LogP contribution < -0.4 is 0 Å². The Morgan fingerprint density at radius 3 is 2.36 bits per heavy atom. The molecule has 0 saturated heterocycles. The summed E-state index contributed by atoms with van der Waals surface area (Å²) in [6.45, 7) is 7.60. The van der Waals surface area contributed by atoms with Crippen molar-refractivity contribution in [1.82, 2.24) is 4.90 Å². The van der Waals surface area contributed by atoms with Crippen LogP contribution >= 0.6 is 0 Å². The minimum Gasteiger partial charge on any atom is -0.444 e. The maximum atomic E-state index is 14.2. The van der Waals surface area contributed by atoms with Gasteiger partial charge in [0.05, 0.1) is 5.56 Å². The topological polar surface area (TPSA) is 29.5 Å². The van der Waals surface area contributed by atoms with Crippen molar-refractivity contribution >= 4 is 11.7 Å². The highest BCUT2D eigenvalue weighted by Gasteiger charge is 2.32. The minimum absolute atomic E-state index is 0.129. The first kappa shape index (κ1) is 19.3. The van der Waals surface area contributed by atoms with Gasteiger partial charge in [-0.05, 0) is 44.4 Å². The van der Waals surface area contributed by atoms with E-state index in [1.807, 2.05) is 0 Å². The molecule has 25 heavy (non-hydrogen) atoms. The third kappa shape index (κ3) is 4.74. The van der Waals surface area contributed by atoms with E-state index in [0.29, 0.717) is 18.2 Å². The van der Waals surface area contributed by atoms with Crippen LogP contribution in [0, 0.1) is 11.7 Å². The lowest BCUT2D eigenvalue weighted by Crippen LogP contribution is -2.41. The number of alkyl halides is 3. The highest BCUT2D eigenvalue weighted by Crippen LogP contribution is 2.34. The number of benzene rings is 1. The molecule has 7 heteroatoms. The lowest BCUT2D eigenvalue weighted by Gasteiger charge is -2.33. The average Bonchev–Trinajstić information content (AvgIpc) is 2.44. The van der Waals surface area contributed by atoms with Gasteiger partial charge in [-0.2, -0.15) is 13.2 Å². The van der Waals surface area contributed by atoms with Crippen LogP contribution in [0.5, 0.6) is 0 Å². The fourth-order valence-electron chi connectivity index (χ4n) is 2.69. The van der Waals surface area contributed by atoms with Crippen LogP contribution in [0.3, 0.4) is 0 Å². The van der Waals surface area contributed by atoms with Crippen LogP contribution in [-0.4, -0.2) is 29.7 Å². The molecule has 0 radical (unpaired) electrons. The van der Waals surface area contributed by atoms with E-state index in [2.05, 4.69) is 0 Å². The number of rotatable bonds is 1. The normalized spacial score (nSPS) is 18.8. The van der Waals surface area contributed by atoms with Gasteiger partial charge in [-0.1, -0.05) is 19.1 Å². The van der Waals surface area contributed by atoms with E-state index in [4.69, 9.17) is 4.74 Å². The van der Waals surface area contributed by atoms with E-state index in [-0.39, 0.29) is 18.0 Å². The van der Waals surface area contributed by atoms with Crippen molar-refractivity contribution in [2.24, 2.45) is 5.92 Å². The zero-order chi connectivity index (χ0) is 19.0.